The van der Waals surface area contributed by atoms with Crippen molar-refractivity contribution in [3.05, 3.63) is 29.3 Å². The molecule has 0 saturated heterocycles. The second-order valence-corrected chi connectivity index (χ2v) is 5.55. The summed E-state index contributed by atoms with van der Waals surface area (Å²) in [5.74, 6) is -0.140. The number of hydrogen-bond donors (Lipinski definition) is 2. The summed E-state index contributed by atoms with van der Waals surface area (Å²) in [7, 11) is 0. The number of aliphatic hydroxyl groups is 1. The minimum atomic E-state index is -0.819. The lowest BCUT2D eigenvalue weighted by Crippen LogP contribution is -2.42. The van der Waals surface area contributed by atoms with E-state index in [1.54, 1.807) is 26.0 Å². The van der Waals surface area contributed by atoms with Crippen molar-refractivity contribution in [2.75, 3.05) is 25.0 Å². The van der Waals surface area contributed by atoms with Crippen molar-refractivity contribution >= 4 is 23.2 Å². The van der Waals surface area contributed by atoms with E-state index in [4.69, 9.17) is 11.6 Å². The Kier molecular flexibility index (Phi) is 5.79. The highest BCUT2D eigenvalue weighted by Gasteiger charge is 2.19. The topological polar surface area (TPSA) is 52.6 Å². The summed E-state index contributed by atoms with van der Waals surface area (Å²) in [5, 5.41) is 13.1. The third-order valence-corrected chi connectivity index (χ3v) is 2.90. The maximum atomic E-state index is 11.9. The van der Waals surface area contributed by atoms with Gasteiger partial charge in [-0.1, -0.05) is 30.7 Å². The van der Waals surface area contributed by atoms with Crippen LogP contribution in [-0.2, 0) is 4.79 Å². The van der Waals surface area contributed by atoms with E-state index >= 15 is 0 Å². The molecule has 0 saturated carbocycles. The SMILES string of the molecule is CCN(CC(=O)Nc1ccccc1Cl)CC(C)(C)O. The van der Waals surface area contributed by atoms with E-state index in [2.05, 4.69) is 5.32 Å². The van der Waals surface area contributed by atoms with Crippen LogP contribution in [0, 0.1) is 0 Å². The first-order chi connectivity index (χ1) is 8.81. The summed E-state index contributed by atoms with van der Waals surface area (Å²) in [4.78, 5) is 13.8. The van der Waals surface area contributed by atoms with Gasteiger partial charge in [0, 0.05) is 6.54 Å². The zero-order valence-corrected chi connectivity index (χ0v) is 12.4. The zero-order valence-electron chi connectivity index (χ0n) is 11.6. The predicted molar refractivity (Wildman–Crippen MR) is 78.5 cm³/mol. The van der Waals surface area contributed by atoms with E-state index in [0.717, 1.165) is 0 Å². The molecule has 1 amide bonds. The fourth-order valence-electron chi connectivity index (χ4n) is 1.78. The van der Waals surface area contributed by atoms with Crippen LogP contribution >= 0.6 is 11.6 Å². The second-order valence-electron chi connectivity index (χ2n) is 5.14. The van der Waals surface area contributed by atoms with Crippen LogP contribution in [0.5, 0.6) is 0 Å². The largest absolute Gasteiger partial charge is 0.389 e. The number of halogens is 1. The third kappa shape index (κ3) is 6.05. The third-order valence-electron chi connectivity index (χ3n) is 2.57. The second kappa shape index (κ2) is 6.89. The normalized spacial score (nSPS) is 11.7. The van der Waals surface area contributed by atoms with Crippen molar-refractivity contribution in [1.29, 1.82) is 0 Å². The first-order valence-electron chi connectivity index (χ1n) is 6.31. The van der Waals surface area contributed by atoms with Crippen molar-refractivity contribution < 1.29 is 9.90 Å². The summed E-state index contributed by atoms with van der Waals surface area (Å²) >= 11 is 5.98. The van der Waals surface area contributed by atoms with Gasteiger partial charge in [0.15, 0.2) is 0 Å². The quantitative estimate of drug-likeness (QED) is 0.843. The van der Waals surface area contributed by atoms with Gasteiger partial charge in [-0.25, -0.2) is 0 Å². The van der Waals surface area contributed by atoms with Crippen molar-refractivity contribution in [2.24, 2.45) is 0 Å². The molecule has 4 nitrogen and oxygen atoms in total. The number of likely N-dealkylation sites (N-methyl/N-ethyl adjacent to an activating group) is 1. The minimum absolute atomic E-state index is 0.140. The Balaban J connectivity index is 2.57. The number of para-hydroxylation sites is 1. The van der Waals surface area contributed by atoms with Crippen molar-refractivity contribution in [3.8, 4) is 0 Å². The van der Waals surface area contributed by atoms with Gasteiger partial charge in [0.05, 0.1) is 22.9 Å². The summed E-state index contributed by atoms with van der Waals surface area (Å²) in [5.41, 5.74) is -0.214. The summed E-state index contributed by atoms with van der Waals surface area (Å²) < 4.78 is 0. The summed E-state index contributed by atoms with van der Waals surface area (Å²) in [6, 6.07) is 7.11. The smallest absolute Gasteiger partial charge is 0.238 e. The van der Waals surface area contributed by atoms with Crippen LogP contribution in [0.15, 0.2) is 24.3 Å². The molecule has 0 heterocycles. The molecule has 1 aromatic carbocycles. The lowest BCUT2D eigenvalue weighted by molar-refractivity contribution is -0.117. The molecule has 2 N–H and O–H groups in total. The molecular formula is C14H21ClN2O2. The molecule has 0 aliphatic rings. The highest BCUT2D eigenvalue weighted by Crippen LogP contribution is 2.20. The van der Waals surface area contributed by atoms with Gasteiger partial charge in [-0.2, -0.15) is 0 Å². The van der Waals surface area contributed by atoms with Gasteiger partial charge in [-0.3, -0.25) is 9.69 Å². The van der Waals surface area contributed by atoms with E-state index in [1.807, 2.05) is 24.0 Å². The average molecular weight is 285 g/mol. The van der Waals surface area contributed by atoms with Gasteiger partial charge in [-0.15, -0.1) is 0 Å². The molecule has 5 heteroatoms. The number of carbonyl (C=O) groups excluding carboxylic acids is 1. The van der Waals surface area contributed by atoms with Gasteiger partial charge in [-0.05, 0) is 32.5 Å². The van der Waals surface area contributed by atoms with Gasteiger partial charge in [0.2, 0.25) is 5.91 Å². The van der Waals surface area contributed by atoms with Gasteiger partial charge >= 0.3 is 0 Å². The molecule has 0 bridgehead atoms. The van der Waals surface area contributed by atoms with E-state index in [0.29, 0.717) is 23.8 Å². The Morgan fingerprint density at radius 3 is 2.58 bits per heavy atom. The summed E-state index contributed by atoms with van der Waals surface area (Å²) in [6.45, 7) is 6.77. The van der Waals surface area contributed by atoms with Crippen LogP contribution in [0.2, 0.25) is 5.02 Å². The van der Waals surface area contributed by atoms with Gasteiger partial charge < -0.3 is 10.4 Å². The van der Waals surface area contributed by atoms with E-state index < -0.39 is 5.60 Å². The fourth-order valence-corrected chi connectivity index (χ4v) is 1.97. The average Bonchev–Trinajstić information content (AvgIpc) is 2.29. The Morgan fingerprint density at radius 2 is 2.05 bits per heavy atom. The maximum Gasteiger partial charge on any atom is 0.238 e. The molecule has 0 spiro atoms. The number of benzene rings is 1. The van der Waals surface area contributed by atoms with Crippen molar-refractivity contribution in [2.45, 2.75) is 26.4 Å². The molecule has 0 unspecified atom stereocenters. The Hall–Kier alpha value is -1.10. The Bertz CT molecular complexity index is 430. The molecule has 0 aliphatic carbocycles. The van der Waals surface area contributed by atoms with Crippen molar-refractivity contribution in [3.63, 3.8) is 0 Å². The molecule has 0 aliphatic heterocycles. The standard InChI is InChI=1S/C14H21ClN2O2/c1-4-17(10-14(2,3)19)9-13(18)16-12-8-6-5-7-11(12)15/h5-8,19H,4,9-10H2,1-3H3,(H,16,18). The minimum Gasteiger partial charge on any atom is -0.389 e. The number of nitrogens with one attached hydrogen (secondary N) is 1. The van der Waals surface area contributed by atoms with Crippen LogP contribution in [0.3, 0.4) is 0 Å². The molecule has 0 atom stereocenters. The monoisotopic (exact) mass is 284 g/mol. The van der Waals surface area contributed by atoms with Crippen LogP contribution in [-0.4, -0.2) is 41.1 Å². The van der Waals surface area contributed by atoms with Crippen LogP contribution in [0.4, 0.5) is 5.69 Å². The number of carbonyl (C=O) groups is 1. The Morgan fingerprint density at radius 1 is 1.42 bits per heavy atom. The molecular weight excluding hydrogens is 264 g/mol. The lowest BCUT2D eigenvalue weighted by Gasteiger charge is -2.27. The number of anilines is 1. The first kappa shape index (κ1) is 16.0. The molecule has 0 aromatic heterocycles. The van der Waals surface area contributed by atoms with Gasteiger partial charge in [0.25, 0.3) is 0 Å². The predicted octanol–water partition coefficient (Wildman–Crippen LogP) is 2.37. The fraction of sp³-hybridized carbons (Fsp3) is 0.500. The number of rotatable bonds is 6. The molecule has 106 valence electrons. The lowest BCUT2D eigenvalue weighted by atomic mass is 10.1. The molecule has 0 fully saturated rings. The van der Waals surface area contributed by atoms with Crippen molar-refractivity contribution in [1.82, 2.24) is 4.90 Å². The number of nitrogens with zero attached hydrogens (tertiary/aromatic N) is 1. The van der Waals surface area contributed by atoms with E-state index in [-0.39, 0.29) is 12.5 Å². The van der Waals surface area contributed by atoms with E-state index in [9.17, 15) is 9.90 Å². The van der Waals surface area contributed by atoms with E-state index in [1.165, 1.54) is 0 Å². The van der Waals surface area contributed by atoms with Crippen LogP contribution in [0.1, 0.15) is 20.8 Å². The number of hydrogen-bond acceptors (Lipinski definition) is 3. The summed E-state index contributed by atoms with van der Waals surface area (Å²) in [6.07, 6.45) is 0. The molecule has 0 radical (unpaired) electrons. The number of amides is 1. The molecule has 1 aromatic rings. The van der Waals surface area contributed by atoms with Gasteiger partial charge in [0.1, 0.15) is 0 Å². The van der Waals surface area contributed by atoms with Crippen LogP contribution < -0.4 is 5.32 Å². The van der Waals surface area contributed by atoms with Crippen LogP contribution in [0.25, 0.3) is 0 Å². The maximum absolute atomic E-state index is 11.9. The Labute approximate surface area is 119 Å². The first-order valence-corrected chi connectivity index (χ1v) is 6.68. The highest BCUT2D eigenvalue weighted by atomic mass is 35.5. The zero-order chi connectivity index (χ0) is 14.5. The molecule has 1 rings (SSSR count). The molecule has 19 heavy (non-hydrogen) atoms. The highest BCUT2D eigenvalue weighted by molar-refractivity contribution is 6.33.